The third-order valence-electron chi connectivity index (χ3n) is 4.30. The molecule has 0 aliphatic heterocycles. The summed E-state index contributed by atoms with van der Waals surface area (Å²) in [7, 11) is 0. The van der Waals surface area contributed by atoms with Crippen LogP contribution in [0.4, 0.5) is 0 Å². The molecule has 0 aliphatic carbocycles. The van der Waals surface area contributed by atoms with Crippen molar-refractivity contribution in [1.82, 2.24) is 19.9 Å². The van der Waals surface area contributed by atoms with Crippen LogP contribution >= 0.6 is 0 Å². The number of amides is 1. The summed E-state index contributed by atoms with van der Waals surface area (Å²) in [5.74, 6) is -0.133. The van der Waals surface area contributed by atoms with Crippen LogP contribution in [0.1, 0.15) is 21.7 Å². The molecule has 3 rings (SSSR count). The molecule has 0 saturated carbocycles. The van der Waals surface area contributed by atoms with Gasteiger partial charge in [-0.25, -0.2) is 4.68 Å². The number of hydrogen-bond donors (Lipinski definition) is 1. The van der Waals surface area contributed by atoms with Crippen molar-refractivity contribution in [3.05, 3.63) is 77.6 Å². The van der Waals surface area contributed by atoms with Crippen LogP contribution < -0.4 is 5.73 Å². The molecule has 2 N–H and O–H groups in total. The van der Waals surface area contributed by atoms with Gasteiger partial charge in [-0.05, 0) is 31.0 Å². The molecule has 3 aromatic rings. The molecular weight excluding hydrogens is 326 g/mol. The number of benzene rings is 2. The second-order valence-corrected chi connectivity index (χ2v) is 6.09. The Labute approximate surface area is 153 Å². The fourth-order valence-electron chi connectivity index (χ4n) is 2.87. The second-order valence-electron chi connectivity index (χ2n) is 6.09. The summed E-state index contributed by atoms with van der Waals surface area (Å²) in [5, 5.41) is 8.29. The first-order valence-electron chi connectivity index (χ1n) is 8.71. The highest BCUT2D eigenvalue weighted by atomic mass is 16.2. The first kappa shape index (κ1) is 17.8. The van der Waals surface area contributed by atoms with Crippen molar-refractivity contribution in [3.8, 4) is 5.69 Å². The Balaban J connectivity index is 1.78. The van der Waals surface area contributed by atoms with Gasteiger partial charge in [0, 0.05) is 19.6 Å². The van der Waals surface area contributed by atoms with Crippen molar-refractivity contribution in [2.75, 3.05) is 19.6 Å². The molecule has 0 aliphatic rings. The minimum atomic E-state index is -0.133. The number of hydrogen-bond acceptors (Lipinski definition) is 4. The van der Waals surface area contributed by atoms with Crippen molar-refractivity contribution in [3.63, 3.8) is 0 Å². The molecular formula is C20H23N5O. The molecule has 0 fully saturated rings. The quantitative estimate of drug-likeness (QED) is 0.709. The number of aromatic nitrogens is 3. The summed E-state index contributed by atoms with van der Waals surface area (Å²) in [6.07, 6.45) is 0.776. The van der Waals surface area contributed by atoms with Crippen LogP contribution in [-0.2, 0) is 6.42 Å². The van der Waals surface area contributed by atoms with E-state index in [0.29, 0.717) is 25.3 Å². The summed E-state index contributed by atoms with van der Waals surface area (Å²) in [5.41, 5.74) is 8.88. The lowest BCUT2D eigenvalue weighted by atomic mass is 10.1. The van der Waals surface area contributed by atoms with E-state index in [0.717, 1.165) is 17.8 Å². The smallest absolute Gasteiger partial charge is 0.276 e. The highest BCUT2D eigenvalue weighted by molar-refractivity contribution is 5.93. The molecule has 0 saturated heterocycles. The molecule has 6 nitrogen and oxygen atoms in total. The number of carbonyl (C=O) groups excluding carboxylic acids is 1. The predicted octanol–water partition coefficient (Wildman–Crippen LogP) is 2.22. The van der Waals surface area contributed by atoms with Gasteiger partial charge in [0.05, 0.1) is 11.4 Å². The van der Waals surface area contributed by atoms with Crippen LogP contribution in [0.15, 0.2) is 60.7 Å². The van der Waals surface area contributed by atoms with E-state index in [4.69, 9.17) is 5.73 Å². The van der Waals surface area contributed by atoms with E-state index >= 15 is 0 Å². The average Bonchev–Trinajstić information content (AvgIpc) is 3.07. The summed E-state index contributed by atoms with van der Waals surface area (Å²) < 4.78 is 1.69. The Bertz CT molecular complexity index is 845. The zero-order chi connectivity index (χ0) is 18.4. The Kier molecular flexibility index (Phi) is 5.76. The number of carbonyl (C=O) groups is 1. The lowest BCUT2D eigenvalue weighted by Crippen LogP contribution is -2.37. The fourth-order valence-corrected chi connectivity index (χ4v) is 2.87. The summed E-state index contributed by atoms with van der Waals surface area (Å²) in [6.45, 7) is 3.35. The molecule has 1 aromatic heterocycles. The van der Waals surface area contributed by atoms with E-state index in [9.17, 15) is 4.79 Å². The summed E-state index contributed by atoms with van der Waals surface area (Å²) in [6, 6.07) is 19.8. The number of rotatable bonds is 7. The molecule has 26 heavy (non-hydrogen) atoms. The Hall–Kier alpha value is -2.99. The topological polar surface area (TPSA) is 77.0 Å². The molecule has 0 atom stereocenters. The third kappa shape index (κ3) is 3.97. The van der Waals surface area contributed by atoms with E-state index in [1.54, 1.807) is 9.58 Å². The van der Waals surface area contributed by atoms with E-state index in [1.165, 1.54) is 5.56 Å². The highest BCUT2D eigenvalue weighted by Gasteiger charge is 2.22. The van der Waals surface area contributed by atoms with E-state index in [2.05, 4.69) is 22.4 Å². The van der Waals surface area contributed by atoms with Crippen LogP contribution in [0, 0.1) is 6.92 Å². The second kappa shape index (κ2) is 8.40. The van der Waals surface area contributed by atoms with Gasteiger partial charge in [0.25, 0.3) is 5.91 Å². The normalized spacial score (nSPS) is 10.7. The lowest BCUT2D eigenvalue weighted by Gasteiger charge is -2.21. The van der Waals surface area contributed by atoms with E-state index in [1.807, 2.05) is 55.5 Å². The first-order valence-corrected chi connectivity index (χ1v) is 8.71. The standard InChI is InChI=1S/C20H23N5O/c1-16-19(22-23-25(16)18-10-6-3-7-11-18)20(26)24(15-13-21)14-12-17-8-4-2-5-9-17/h2-11H,12-15,21H2,1H3. The van der Waals surface area contributed by atoms with Gasteiger partial charge in [0.2, 0.25) is 0 Å². The molecule has 0 radical (unpaired) electrons. The van der Waals surface area contributed by atoms with Gasteiger partial charge in [0.1, 0.15) is 0 Å². The van der Waals surface area contributed by atoms with Crippen molar-refractivity contribution in [2.45, 2.75) is 13.3 Å². The molecule has 0 bridgehead atoms. The van der Waals surface area contributed by atoms with Crippen LogP contribution in [0.5, 0.6) is 0 Å². The highest BCUT2D eigenvalue weighted by Crippen LogP contribution is 2.14. The molecule has 2 aromatic carbocycles. The van der Waals surface area contributed by atoms with Gasteiger partial charge in [-0.3, -0.25) is 4.79 Å². The molecule has 0 spiro atoms. The van der Waals surface area contributed by atoms with Gasteiger partial charge in [-0.15, -0.1) is 5.10 Å². The van der Waals surface area contributed by atoms with E-state index in [-0.39, 0.29) is 5.91 Å². The predicted molar refractivity (Wildman–Crippen MR) is 101 cm³/mol. The summed E-state index contributed by atoms with van der Waals surface area (Å²) >= 11 is 0. The van der Waals surface area contributed by atoms with Crippen molar-refractivity contribution in [1.29, 1.82) is 0 Å². The zero-order valence-corrected chi connectivity index (χ0v) is 14.9. The van der Waals surface area contributed by atoms with Gasteiger partial charge in [-0.2, -0.15) is 0 Å². The van der Waals surface area contributed by atoms with Gasteiger partial charge in [0.15, 0.2) is 5.69 Å². The lowest BCUT2D eigenvalue weighted by molar-refractivity contribution is 0.0755. The largest absolute Gasteiger partial charge is 0.336 e. The number of para-hydroxylation sites is 1. The number of nitrogens with zero attached hydrogens (tertiary/aromatic N) is 4. The van der Waals surface area contributed by atoms with Gasteiger partial charge >= 0.3 is 0 Å². The third-order valence-corrected chi connectivity index (χ3v) is 4.30. The van der Waals surface area contributed by atoms with Crippen molar-refractivity contribution >= 4 is 5.91 Å². The van der Waals surface area contributed by atoms with Gasteiger partial charge in [-0.1, -0.05) is 53.7 Å². The van der Waals surface area contributed by atoms with Crippen molar-refractivity contribution < 1.29 is 4.79 Å². The maximum Gasteiger partial charge on any atom is 0.276 e. The summed E-state index contributed by atoms with van der Waals surface area (Å²) in [4.78, 5) is 14.7. The van der Waals surface area contributed by atoms with Crippen LogP contribution in [0.25, 0.3) is 5.69 Å². The number of nitrogens with two attached hydrogens (primary N) is 1. The minimum absolute atomic E-state index is 0.133. The maximum atomic E-state index is 13.0. The molecule has 1 amide bonds. The Morgan fingerprint density at radius 3 is 2.35 bits per heavy atom. The zero-order valence-electron chi connectivity index (χ0n) is 14.9. The van der Waals surface area contributed by atoms with Gasteiger partial charge < -0.3 is 10.6 Å². The van der Waals surface area contributed by atoms with E-state index < -0.39 is 0 Å². The fraction of sp³-hybridized carbons (Fsp3) is 0.250. The van der Waals surface area contributed by atoms with Crippen molar-refractivity contribution in [2.24, 2.45) is 5.73 Å². The molecule has 1 heterocycles. The maximum absolute atomic E-state index is 13.0. The Morgan fingerprint density at radius 1 is 1.04 bits per heavy atom. The average molecular weight is 349 g/mol. The molecule has 6 heteroatoms. The SMILES string of the molecule is Cc1c(C(=O)N(CCN)CCc2ccccc2)nnn1-c1ccccc1. The molecule has 134 valence electrons. The van der Waals surface area contributed by atoms with Crippen LogP contribution in [0.3, 0.4) is 0 Å². The monoisotopic (exact) mass is 349 g/mol. The van der Waals surface area contributed by atoms with Crippen LogP contribution in [-0.4, -0.2) is 45.4 Å². The Morgan fingerprint density at radius 2 is 1.69 bits per heavy atom. The van der Waals surface area contributed by atoms with Crippen LogP contribution in [0.2, 0.25) is 0 Å². The molecule has 0 unspecified atom stereocenters. The first-order chi connectivity index (χ1) is 12.7. The minimum Gasteiger partial charge on any atom is -0.336 e.